The third kappa shape index (κ3) is 5.86. The highest BCUT2D eigenvalue weighted by molar-refractivity contribution is 5.97. The molecule has 9 nitrogen and oxygen atoms in total. The molecular formula is C20H21N3O6. The molecule has 0 aliphatic carbocycles. The number of nitrogens with zero attached hydrogens (tertiary/aromatic N) is 1. The summed E-state index contributed by atoms with van der Waals surface area (Å²) < 4.78 is 4.80. The summed E-state index contributed by atoms with van der Waals surface area (Å²) in [6.07, 6.45) is 0. The minimum Gasteiger partial charge on any atom is -0.452 e. The number of amides is 2. The zero-order chi connectivity index (χ0) is 21.6. The van der Waals surface area contributed by atoms with E-state index in [4.69, 9.17) is 4.74 Å². The third-order valence-corrected chi connectivity index (χ3v) is 4.04. The zero-order valence-corrected chi connectivity index (χ0v) is 16.3. The second-order valence-electron chi connectivity index (χ2n) is 6.45. The van der Waals surface area contributed by atoms with E-state index in [-0.39, 0.29) is 12.1 Å². The van der Waals surface area contributed by atoms with Crippen molar-refractivity contribution in [2.24, 2.45) is 0 Å². The van der Waals surface area contributed by atoms with Crippen LogP contribution in [0.2, 0.25) is 0 Å². The highest BCUT2D eigenvalue weighted by Gasteiger charge is 2.21. The minimum absolute atomic E-state index is 0.256. The topological polar surface area (TPSA) is 128 Å². The molecule has 0 aliphatic rings. The maximum atomic E-state index is 12.1. The number of ether oxygens (including phenoxy) is 1. The fraction of sp³-hybridized carbons (Fsp3) is 0.250. The predicted octanol–water partition coefficient (Wildman–Crippen LogP) is 2.43. The fourth-order valence-electron chi connectivity index (χ4n) is 2.81. The lowest BCUT2D eigenvalue weighted by atomic mass is 10.1. The first-order valence-electron chi connectivity index (χ1n) is 8.74. The molecule has 29 heavy (non-hydrogen) atoms. The van der Waals surface area contributed by atoms with Crippen LogP contribution in [0.25, 0.3) is 0 Å². The number of esters is 1. The molecule has 0 unspecified atom stereocenters. The summed E-state index contributed by atoms with van der Waals surface area (Å²) in [7, 11) is 0. The van der Waals surface area contributed by atoms with Crippen LogP contribution in [-0.2, 0) is 14.3 Å². The van der Waals surface area contributed by atoms with Crippen LogP contribution >= 0.6 is 0 Å². The van der Waals surface area contributed by atoms with Crippen molar-refractivity contribution in [2.45, 2.75) is 20.8 Å². The van der Waals surface area contributed by atoms with Crippen LogP contribution < -0.4 is 10.6 Å². The van der Waals surface area contributed by atoms with Gasteiger partial charge in [0.2, 0.25) is 5.91 Å². The van der Waals surface area contributed by atoms with Gasteiger partial charge < -0.3 is 15.4 Å². The molecule has 0 radical (unpaired) electrons. The van der Waals surface area contributed by atoms with Crippen molar-refractivity contribution in [3.05, 3.63) is 68.8 Å². The molecule has 0 heterocycles. The van der Waals surface area contributed by atoms with Gasteiger partial charge in [-0.3, -0.25) is 19.7 Å². The number of nitro benzene ring substituents is 1. The monoisotopic (exact) mass is 399 g/mol. The SMILES string of the molecule is Cc1cc(C)c(NC(=O)CNC(=O)COC(=O)c2ccccc2[N+](=O)[O-])c(C)c1. The largest absolute Gasteiger partial charge is 0.452 e. The van der Waals surface area contributed by atoms with Crippen LogP contribution in [0.3, 0.4) is 0 Å². The van der Waals surface area contributed by atoms with Crippen molar-refractivity contribution in [3.63, 3.8) is 0 Å². The Hall–Kier alpha value is -3.75. The van der Waals surface area contributed by atoms with Gasteiger partial charge in [-0.1, -0.05) is 29.8 Å². The molecular weight excluding hydrogens is 378 g/mol. The zero-order valence-electron chi connectivity index (χ0n) is 16.3. The summed E-state index contributed by atoms with van der Waals surface area (Å²) in [5.41, 5.74) is 2.89. The van der Waals surface area contributed by atoms with Gasteiger partial charge in [0.1, 0.15) is 5.56 Å². The lowest BCUT2D eigenvalue weighted by Crippen LogP contribution is -2.35. The van der Waals surface area contributed by atoms with Crippen LogP contribution in [0.5, 0.6) is 0 Å². The summed E-state index contributed by atoms with van der Waals surface area (Å²) in [6, 6.07) is 9.13. The number of carbonyl (C=O) groups excluding carboxylic acids is 3. The number of aryl methyl sites for hydroxylation is 3. The van der Waals surface area contributed by atoms with E-state index in [9.17, 15) is 24.5 Å². The number of hydrogen-bond acceptors (Lipinski definition) is 6. The number of carbonyl (C=O) groups is 3. The summed E-state index contributed by atoms with van der Waals surface area (Å²) in [5, 5.41) is 16.0. The highest BCUT2D eigenvalue weighted by Crippen LogP contribution is 2.21. The van der Waals surface area contributed by atoms with E-state index in [2.05, 4.69) is 10.6 Å². The van der Waals surface area contributed by atoms with Crippen molar-refractivity contribution in [1.29, 1.82) is 0 Å². The van der Waals surface area contributed by atoms with Crippen LogP contribution in [0.15, 0.2) is 36.4 Å². The molecule has 0 fully saturated rings. The Bertz CT molecular complexity index is 947. The van der Waals surface area contributed by atoms with Gasteiger partial charge in [0.15, 0.2) is 6.61 Å². The van der Waals surface area contributed by atoms with Crippen molar-refractivity contribution >= 4 is 29.2 Å². The molecule has 0 aromatic heterocycles. The lowest BCUT2D eigenvalue weighted by molar-refractivity contribution is -0.385. The molecule has 2 aromatic rings. The Morgan fingerprint density at radius 3 is 2.28 bits per heavy atom. The molecule has 2 aromatic carbocycles. The van der Waals surface area contributed by atoms with E-state index < -0.39 is 35.0 Å². The molecule has 2 N–H and O–H groups in total. The molecule has 0 saturated heterocycles. The number of benzene rings is 2. The summed E-state index contributed by atoms with van der Waals surface area (Å²) in [6.45, 7) is 4.72. The Morgan fingerprint density at radius 1 is 1.03 bits per heavy atom. The van der Waals surface area contributed by atoms with E-state index in [1.165, 1.54) is 18.2 Å². The van der Waals surface area contributed by atoms with Crippen molar-refractivity contribution in [3.8, 4) is 0 Å². The number of para-hydroxylation sites is 1. The molecule has 0 bridgehead atoms. The maximum Gasteiger partial charge on any atom is 0.345 e. The van der Waals surface area contributed by atoms with E-state index in [0.29, 0.717) is 5.69 Å². The number of rotatable bonds is 7. The van der Waals surface area contributed by atoms with Gasteiger partial charge >= 0.3 is 5.97 Å². The summed E-state index contributed by atoms with van der Waals surface area (Å²) in [5.74, 6) is -2.13. The molecule has 0 atom stereocenters. The van der Waals surface area contributed by atoms with Gasteiger partial charge in [-0.2, -0.15) is 0 Å². The first-order chi connectivity index (χ1) is 13.7. The molecule has 152 valence electrons. The van der Waals surface area contributed by atoms with E-state index >= 15 is 0 Å². The van der Waals surface area contributed by atoms with Crippen molar-refractivity contribution in [1.82, 2.24) is 5.32 Å². The fourth-order valence-corrected chi connectivity index (χ4v) is 2.81. The van der Waals surface area contributed by atoms with Gasteiger partial charge in [-0.05, 0) is 38.0 Å². The van der Waals surface area contributed by atoms with Gasteiger partial charge in [-0.25, -0.2) is 4.79 Å². The number of hydrogen-bond donors (Lipinski definition) is 2. The molecule has 2 amide bonds. The van der Waals surface area contributed by atoms with Gasteiger partial charge in [-0.15, -0.1) is 0 Å². The normalized spacial score (nSPS) is 10.2. The van der Waals surface area contributed by atoms with Gasteiger partial charge in [0.05, 0.1) is 11.5 Å². The van der Waals surface area contributed by atoms with Crippen molar-refractivity contribution < 1.29 is 24.0 Å². The van der Waals surface area contributed by atoms with Crippen LogP contribution in [-0.4, -0.2) is 35.9 Å². The van der Waals surface area contributed by atoms with Crippen molar-refractivity contribution in [2.75, 3.05) is 18.5 Å². The Balaban J connectivity index is 1.85. The lowest BCUT2D eigenvalue weighted by Gasteiger charge is -2.13. The second kappa shape index (κ2) is 9.45. The Morgan fingerprint density at radius 2 is 1.66 bits per heavy atom. The average Bonchev–Trinajstić information content (AvgIpc) is 2.67. The first-order valence-corrected chi connectivity index (χ1v) is 8.74. The standard InChI is InChI=1S/C20H21N3O6/c1-12-8-13(2)19(14(3)9-12)22-17(24)10-21-18(25)11-29-20(26)15-6-4-5-7-16(15)23(27)28/h4-9H,10-11H2,1-3H3,(H,21,25)(H,22,24). The average molecular weight is 399 g/mol. The molecule has 2 rings (SSSR count). The van der Waals surface area contributed by atoms with Gasteiger partial charge in [0, 0.05) is 11.8 Å². The predicted molar refractivity (Wildman–Crippen MR) is 106 cm³/mol. The maximum absolute atomic E-state index is 12.1. The molecule has 9 heteroatoms. The summed E-state index contributed by atoms with van der Waals surface area (Å²) in [4.78, 5) is 46.1. The minimum atomic E-state index is -0.997. The molecule has 0 spiro atoms. The number of nitrogens with one attached hydrogen (secondary N) is 2. The highest BCUT2D eigenvalue weighted by atomic mass is 16.6. The summed E-state index contributed by atoms with van der Waals surface area (Å²) >= 11 is 0. The quantitative estimate of drug-likeness (QED) is 0.418. The smallest absolute Gasteiger partial charge is 0.345 e. The number of anilines is 1. The van der Waals surface area contributed by atoms with Gasteiger partial charge in [0.25, 0.3) is 11.6 Å². The van der Waals surface area contributed by atoms with Crippen LogP contribution in [0.1, 0.15) is 27.0 Å². The Labute approximate surface area is 167 Å². The number of nitro groups is 1. The first kappa shape index (κ1) is 21.5. The second-order valence-corrected chi connectivity index (χ2v) is 6.45. The van der Waals surface area contributed by atoms with Crippen LogP contribution in [0.4, 0.5) is 11.4 Å². The van der Waals surface area contributed by atoms with E-state index in [1.807, 2.05) is 32.9 Å². The molecule has 0 saturated carbocycles. The van der Waals surface area contributed by atoms with Crippen LogP contribution in [0, 0.1) is 30.9 Å². The van der Waals surface area contributed by atoms with E-state index in [0.717, 1.165) is 22.8 Å². The molecule has 0 aliphatic heterocycles. The Kier molecular flexibility index (Phi) is 7.02. The third-order valence-electron chi connectivity index (χ3n) is 4.04. The van der Waals surface area contributed by atoms with E-state index in [1.54, 1.807) is 0 Å².